The minimum Gasteiger partial charge on any atom is -0.361 e. The maximum atomic E-state index is 4.94. The lowest BCUT2D eigenvalue weighted by Gasteiger charge is -2.02. The predicted octanol–water partition coefficient (Wildman–Crippen LogP) is 2.64. The molecule has 1 unspecified atom stereocenters. The molecule has 0 aliphatic heterocycles. The van der Waals surface area contributed by atoms with Crippen molar-refractivity contribution in [3.63, 3.8) is 0 Å². The van der Waals surface area contributed by atoms with Gasteiger partial charge in [0.15, 0.2) is 0 Å². The monoisotopic (exact) mass is 166 g/mol. The van der Waals surface area contributed by atoms with Gasteiger partial charge in [-0.15, -0.1) is 0 Å². The topological polar surface area (TPSA) is 9.23 Å². The Morgan fingerprint density at radius 3 is 2.82 bits per heavy atom. The van der Waals surface area contributed by atoms with E-state index < -0.39 is 0 Å². The van der Waals surface area contributed by atoms with Gasteiger partial charge in [0.25, 0.3) is 0 Å². The molecule has 0 aliphatic carbocycles. The summed E-state index contributed by atoms with van der Waals surface area (Å²) < 4.78 is 4.94. The van der Waals surface area contributed by atoms with Gasteiger partial charge in [-0.05, 0) is 11.1 Å². The molecule has 0 aromatic heterocycles. The van der Waals surface area contributed by atoms with E-state index in [1.54, 1.807) is 0 Å². The van der Waals surface area contributed by atoms with Crippen LogP contribution in [0.25, 0.3) is 6.08 Å². The maximum absolute atomic E-state index is 4.94. The first kappa shape index (κ1) is 8.45. The van der Waals surface area contributed by atoms with Gasteiger partial charge in [0, 0.05) is 9.47 Å². The fourth-order valence-electron chi connectivity index (χ4n) is 0.955. The third kappa shape index (κ3) is 2.14. The van der Waals surface area contributed by atoms with Gasteiger partial charge in [0.2, 0.25) is 0 Å². The van der Waals surface area contributed by atoms with Gasteiger partial charge in [-0.2, -0.15) is 0 Å². The SMILES string of the molecule is C=Cc1ccccc1COP. The Balaban J connectivity index is 2.92. The van der Waals surface area contributed by atoms with Crippen LogP contribution in [0.5, 0.6) is 0 Å². The summed E-state index contributed by atoms with van der Waals surface area (Å²) in [6.07, 6.45) is 1.83. The van der Waals surface area contributed by atoms with Crippen molar-refractivity contribution in [3.8, 4) is 0 Å². The van der Waals surface area contributed by atoms with Crippen LogP contribution in [0.4, 0.5) is 0 Å². The highest BCUT2D eigenvalue weighted by atomic mass is 31.0. The van der Waals surface area contributed by atoms with E-state index in [0.29, 0.717) is 6.61 Å². The summed E-state index contributed by atoms with van der Waals surface area (Å²) in [6, 6.07) is 8.03. The maximum Gasteiger partial charge on any atom is 0.0758 e. The van der Waals surface area contributed by atoms with Crippen molar-refractivity contribution >= 4 is 15.5 Å². The Labute approximate surface area is 69.4 Å². The third-order valence-corrected chi connectivity index (χ3v) is 1.68. The molecule has 0 saturated carbocycles. The first-order chi connectivity index (χ1) is 5.38. The van der Waals surface area contributed by atoms with Gasteiger partial charge in [-0.25, -0.2) is 0 Å². The van der Waals surface area contributed by atoms with Crippen LogP contribution in [-0.2, 0) is 11.1 Å². The standard InChI is InChI=1S/C9H11OP/c1-2-8-5-3-4-6-9(8)7-10-11/h2-6H,1,7,11H2. The van der Waals surface area contributed by atoms with Crippen LogP contribution in [0.15, 0.2) is 30.8 Å². The van der Waals surface area contributed by atoms with Crippen LogP contribution >= 0.6 is 9.47 Å². The smallest absolute Gasteiger partial charge is 0.0758 e. The molecule has 0 N–H and O–H groups in total. The van der Waals surface area contributed by atoms with Crippen LogP contribution in [0.2, 0.25) is 0 Å². The van der Waals surface area contributed by atoms with Gasteiger partial charge >= 0.3 is 0 Å². The molecule has 1 nitrogen and oxygen atoms in total. The van der Waals surface area contributed by atoms with Gasteiger partial charge in [-0.1, -0.05) is 36.9 Å². The minimum atomic E-state index is 0.618. The zero-order valence-corrected chi connectivity index (χ0v) is 7.44. The molecule has 0 bridgehead atoms. The van der Waals surface area contributed by atoms with Crippen molar-refractivity contribution in [2.45, 2.75) is 6.61 Å². The highest BCUT2D eigenvalue weighted by Gasteiger charge is 1.94. The summed E-state index contributed by atoms with van der Waals surface area (Å²) >= 11 is 0. The number of hydrogen-bond acceptors (Lipinski definition) is 1. The fraction of sp³-hybridized carbons (Fsp3) is 0.111. The molecule has 1 aromatic rings. The van der Waals surface area contributed by atoms with Crippen molar-refractivity contribution < 1.29 is 4.52 Å². The number of hydrogen-bond donors (Lipinski definition) is 0. The van der Waals surface area contributed by atoms with E-state index in [0.717, 1.165) is 11.1 Å². The lowest BCUT2D eigenvalue weighted by molar-refractivity contribution is 0.361. The second kappa shape index (κ2) is 4.27. The molecule has 1 atom stereocenters. The van der Waals surface area contributed by atoms with Crippen LogP contribution < -0.4 is 0 Å². The van der Waals surface area contributed by atoms with E-state index in [-0.39, 0.29) is 0 Å². The largest absolute Gasteiger partial charge is 0.361 e. The summed E-state index contributed by atoms with van der Waals surface area (Å²) in [4.78, 5) is 0. The second-order valence-corrected chi connectivity index (χ2v) is 2.55. The average molecular weight is 166 g/mol. The molecule has 0 aliphatic rings. The first-order valence-corrected chi connectivity index (χ1v) is 3.87. The first-order valence-electron chi connectivity index (χ1n) is 3.40. The lowest BCUT2D eigenvalue weighted by Crippen LogP contribution is -1.87. The van der Waals surface area contributed by atoms with E-state index in [9.17, 15) is 0 Å². The Bertz CT molecular complexity index is 245. The Hall–Kier alpha value is -0.650. The van der Waals surface area contributed by atoms with Crippen LogP contribution in [0, 0.1) is 0 Å². The molecular weight excluding hydrogens is 155 g/mol. The lowest BCUT2D eigenvalue weighted by atomic mass is 10.1. The van der Waals surface area contributed by atoms with Crippen LogP contribution in [-0.4, -0.2) is 0 Å². The summed E-state index contributed by atoms with van der Waals surface area (Å²) in [5, 5.41) is 0. The highest BCUT2D eigenvalue weighted by Crippen LogP contribution is 2.11. The van der Waals surface area contributed by atoms with Crippen molar-refractivity contribution in [2.24, 2.45) is 0 Å². The minimum absolute atomic E-state index is 0.618. The van der Waals surface area contributed by atoms with E-state index >= 15 is 0 Å². The Morgan fingerprint density at radius 1 is 1.45 bits per heavy atom. The highest BCUT2D eigenvalue weighted by molar-refractivity contribution is 7.09. The third-order valence-electron chi connectivity index (χ3n) is 1.51. The molecule has 0 heterocycles. The van der Waals surface area contributed by atoms with Crippen molar-refractivity contribution in [3.05, 3.63) is 42.0 Å². The summed E-state index contributed by atoms with van der Waals surface area (Å²) in [5.41, 5.74) is 2.30. The van der Waals surface area contributed by atoms with E-state index in [1.807, 2.05) is 30.3 Å². The molecule has 0 spiro atoms. The van der Waals surface area contributed by atoms with Crippen molar-refractivity contribution in [2.75, 3.05) is 0 Å². The van der Waals surface area contributed by atoms with Gasteiger partial charge in [0.05, 0.1) is 6.61 Å². The number of benzene rings is 1. The van der Waals surface area contributed by atoms with E-state index in [2.05, 4.69) is 16.0 Å². The zero-order valence-electron chi connectivity index (χ0n) is 6.29. The molecule has 1 rings (SSSR count). The zero-order chi connectivity index (χ0) is 8.10. The molecule has 0 fully saturated rings. The summed E-state index contributed by atoms with van der Waals surface area (Å²) in [7, 11) is 2.24. The average Bonchev–Trinajstić information content (AvgIpc) is 2.06. The molecule has 0 amide bonds. The molecule has 0 radical (unpaired) electrons. The molecule has 0 saturated heterocycles. The van der Waals surface area contributed by atoms with Crippen LogP contribution in [0.1, 0.15) is 11.1 Å². The quantitative estimate of drug-likeness (QED) is 0.627. The van der Waals surface area contributed by atoms with E-state index in [1.165, 1.54) is 0 Å². The Morgan fingerprint density at radius 2 is 2.18 bits per heavy atom. The molecule has 58 valence electrons. The van der Waals surface area contributed by atoms with Gasteiger partial charge in [-0.3, -0.25) is 0 Å². The molecule has 1 aromatic carbocycles. The van der Waals surface area contributed by atoms with Crippen molar-refractivity contribution in [1.82, 2.24) is 0 Å². The molecule has 2 heteroatoms. The normalized spacial score (nSPS) is 9.55. The van der Waals surface area contributed by atoms with E-state index in [4.69, 9.17) is 4.52 Å². The van der Waals surface area contributed by atoms with Crippen LogP contribution in [0.3, 0.4) is 0 Å². The van der Waals surface area contributed by atoms with Gasteiger partial charge in [0.1, 0.15) is 0 Å². The summed E-state index contributed by atoms with van der Waals surface area (Å²) in [6.45, 7) is 4.33. The Kier molecular flexibility index (Phi) is 3.28. The fourth-order valence-corrected chi connectivity index (χ4v) is 1.13. The predicted molar refractivity (Wildman–Crippen MR) is 51.0 cm³/mol. The second-order valence-electron chi connectivity index (χ2n) is 2.21. The van der Waals surface area contributed by atoms with Gasteiger partial charge < -0.3 is 4.52 Å². The summed E-state index contributed by atoms with van der Waals surface area (Å²) in [5.74, 6) is 0. The molecule has 11 heavy (non-hydrogen) atoms. The molecular formula is C9H11OP. The number of rotatable bonds is 3. The van der Waals surface area contributed by atoms with Crippen molar-refractivity contribution in [1.29, 1.82) is 0 Å².